The molecule has 0 aliphatic heterocycles. The number of carbonyl (C=O) groups is 3. The molecule has 3 aromatic carbocycles. The van der Waals surface area contributed by atoms with Crippen LogP contribution >= 0.6 is 0 Å². The largest absolute Gasteiger partial charge is 0.457 e. The van der Waals surface area contributed by atoms with Gasteiger partial charge in [0.15, 0.2) is 0 Å². The summed E-state index contributed by atoms with van der Waals surface area (Å²) in [6, 6.07) is 24.6. The molecule has 0 saturated heterocycles. The molecule has 0 fully saturated rings. The lowest BCUT2D eigenvalue weighted by Gasteiger charge is -2.20. The molecular formula is C30H35N3O6. The van der Waals surface area contributed by atoms with Gasteiger partial charge in [-0.15, -0.1) is 0 Å². The minimum absolute atomic E-state index is 0.0735. The monoisotopic (exact) mass is 533 g/mol. The fourth-order valence-corrected chi connectivity index (χ4v) is 3.45. The highest BCUT2D eigenvalue weighted by atomic mass is 16.6. The van der Waals surface area contributed by atoms with Gasteiger partial charge >= 0.3 is 12.2 Å². The lowest BCUT2D eigenvalue weighted by molar-refractivity contribution is -0.118. The Hall–Kier alpha value is -4.53. The van der Waals surface area contributed by atoms with Crippen molar-refractivity contribution in [3.8, 4) is 11.5 Å². The zero-order valence-electron chi connectivity index (χ0n) is 22.4. The Balaban J connectivity index is 1.56. The van der Waals surface area contributed by atoms with Crippen LogP contribution < -0.4 is 20.7 Å². The van der Waals surface area contributed by atoms with E-state index in [1.165, 1.54) is 0 Å². The summed E-state index contributed by atoms with van der Waals surface area (Å²) in [6.45, 7) is 5.67. The Morgan fingerprint density at radius 1 is 0.795 bits per heavy atom. The first kappa shape index (κ1) is 29.0. The van der Waals surface area contributed by atoms with Crippen LogP contribution in [-0.2, 0) is 20.9 Å². The molecule has 3 amide bonds. The van der Waals surface area contributed by atoms with E-state index in [1.807, 2.05) is 60.7 Å². The average molecular weight is 534 g/mol. The summed E-state index contributed by atoms with van der Waals surface area (Å²) in [4.78, 5) is 37.5. The van der Waals surface area contributed by atoms with Crippen LogP contribution in [0.15, 0.2) is 84.9 Å². The smallest absolute Gasteiger partial charge is 0.408 e. The SMILES string of the molecule is CC(C)(C)OC(=O)NCCCC(NC(=O)OCc1ccccc1)C(=O)Nc1ccc(Oc2ccccc2)cc1. The number of nitrogens with one attached hydrogen (secondary N) is 3. The van der Waals surface area contributed by atoms with Gasteiger partial charge in [0.2, 0.25) is 5.91 Å². The van der Waals surface area contributed by atoms with Gasteiger partial charge in [0.25, 0.3) is 0 Å². The Morgan fingerprint density at radius 2 is 1.41 bits per heavy atom. The van der Waals surface area contributed by atoms with Crippen molar-refractivity contribution >= 4 is 23.8 Å². The number of para-hydroxylation sites is 1. The lowest BCUT2D eigenvalue weighted by Crippen LogP contribution is -2.44. The number of benzene rings is 3. The first-order valence-electron chi connectivity index (χ1n) is 12.8. The third-order valence-corrected chi connectivity index (χ3v) is 5.26. The van der Waals surface area contributed by atoms with E-state index in [4.69, 9.17) is 14.2 Å². The summed E-state index contributed by atoms with van der Waals surface area (Å²) in [5, 5.41) is 8.11. The first-order valence-corrected chi connectivity index (χ1v) is 12.8. The van der Waals surface area contributed by atoms with Crippen molar-refractivity contribution in [2.45, 2.75) is 51.9 Å². The van der Waals surface area contributed by atoms with Gasteiger partial charge < -0.3 is 30.2 Å². The van der Waals surface area contributed by atoms with E-state index < -0.39 is 29.7 Å². The molecule has 9 nitrogen and oxygen atoms in total. The van der Waals surface area contributed by atoms with Crippen molar-refractivity contribution in [3.05, 3.63) is 90.5 Å². The maximum atomic E-state index is 13.1. The molecule has 1 unspecified atom stereocenters. The van der Waals surface area contributed by atoms with E-state index in [9.17, 15) is 14.4 Å². The van der Waals surface area contributed by atoms with Gasteiger partial charge in [-0.2, -0.15) is 0 Å². The van der Waals surface area contributed by atoms with Crippen LogP contribution in [0.5, 0.6) is 11.5 Å². The third-order valence-electron chi connectivity index (χ3n) is 5.26. The second-order valence-corrected chi connectivity index (χ2v) is 9.76. The maximum absolute atomic E-state index is 13.1. The Kier molecular flexibility index (Phi) is 10.7. The van der Waals surface area contributed by atoms with Crippen LogP contribution in [0.3, 0.4) is 0 Å². The zero-order chi connectivity index (χ0) is 28.1. The normalized spacial score (nSPS) is 11.6. The van der Waals surface area contributed by atoms with Crippen LogP contribution in [-0.4, -0.2) is 36.3 Å². The van der Waals surface area contributed by atoms with Gasteiger partial charge in [-0.3, -0.25) is 4.79 Å². The predicted octanol–water partition coefficient (Wildman–Crippen LogP) is 6.02. The summed E-state index contributed by atoms with van der Waals surface area (Å²) >= 11 is 0. The van der Waals surface area contributed by atoms with Crippen molar-refractivity contribution in [2.75, 3.05) is 11.9 Å². The third kappa shape index (κ3) is 11.2. The molecule has 1 atom stereocenters. The van der Waals surface area contributed by atoms with E-state index in [1.54, 1.807) is 45.0 Å². The molecule has 0 bridgehead atoms. The van der Waals surface area contributed by atoms with Crippen molar-refractivity contribution in [1.82, 2.24) is 10.6 Å². The zero-order valence-corrected chi connectivity index (χ0v) is 22.4. The number of rotatable bonds is 11. The summed E-state index contributed by atoms with van der Waals surface area (Å²) < 4.78 is 16.3. The molecule has 0 aromatic heterocycles. The molecular weight excluding hydrogens is 498 g/mol. The lowest BCUT2D eigenvalue weighted by atomic mass is 10.1. The van der Waals surface area contributed by atoms with Gasteiger partial charge in [0, 0.05) is 12.2 Å². The highest BCUT2D eigenvalue weighted by molar-refractivity contribution is 5.96. The van der Waals surface area contributed by atoms with Crippen molar-refractivity contribution < 1.29 is 28.6 Å². The number of ether oxygens (including phenoxy) is 3. The van der Waals surface area contributed by atoms with E-state index >= 15 is 0 Å². The highest BCUT2D eigenvalue weighted by Crippen LogP contribution is 2.22. The van der Waals surface area contributed by atoms with Gasteiger partial charge in [-0.1, -0.05) is 48.5 Å². The number of carbonyl (C=O) groups excluding carboxylic acids is 3. The second-order valence-electron chi connectivity index (χ2n) is 9.76. The molecule has 206 valence electrons. The quantitative estimate of drug-likeness (QED) is 0.260. The van der Waals surface area contributed by atoms with Gasteiger partial charge in [0.1, 0.15) is 29.7 Å². The molecule has 0 aliphatic carbocycles. The fourth-order valence-electron chi connectivity index (χ4n) is 3.45. The highest BCUT2D eigenvalue weighted by Gasteiger charge is 2.22. The number of anilines is 1. The van der Waals surface area contributed by atoms with Crippen LogP contribution in [0, 0.1) is 0 Å². The molecule has 9 heteroatoms. The van der Waals surface area contributed by atoms with E-state index in [0.717, 1.165) is 5.56 Å². The van der Waals surface area contributed by atoms with Gasteiger partial charge in [-0.05, 0) is 75.6 Å². The van der Waals surface area contributed by atoms with Crippen LogP contribution in [0.1, 0.15) is 39.2 Å². The standard InChI is InChI=1S/C30H35N3O6/c1-30(2,3)39-28(35)31-20-10-15-26(33-29(36)37-21-22-11-6-4-7-12-22)27(34)32-23-16-18-25(19-17-23)38-24-13-8-5-9-14-24/h4-9,11-14,16-19,26H,10,15,20-21H2,1-3H3,(H,31,35)(H,32,34)(H,33,36). The molecule has 0 radical (unpaired) electrons. The Morgan fingerprint density at radius 3 is 2.05 bits per heavy atom. The van der Waals surface area contributed by atoms with E-state index in [-0.39, 0.29) is 19.6 Å². The number of alkyl carbamates (subject to hydrolysis) is 2. The van der Waals surface area contributed by atoms with E-state index in [0.29, 0.717) is 23.6 Å². The molecule has 0 heterocycles. The molecule has 39 heavy (non-hydrogen) atoms. The molecule has 3 aromatic rings. The summed E-state index contributed by atoms with van der Waals surface area (Å²) in [5.41, 5.74) is 0.753. The minimum atomic E-state index is -0.894. The number of hydrogen-bond acceptors (Lipinski definition) is 6. The average Bonchev–Trinajstić information content (AvgIpc) is 2.90. The second kappa shape index (κ2) is 14.4. The van der Waals surface area contributed by atoms with Crippen molar-refractivity contribution in [3.63, 3.8) is 0 Å². The van der Waals surface area contributed by atoms with Crippen molar-refractivity contribution in [2.24, 2.45) is 0 Å². The predicted molar refractivity (Wildman–Crippen MR) is 149 cm³/mol. The first-order chi connectivity index (χ1) is 18.7. The van der Waals surface area contributed by atoms with Gasteiger partial charge in [-0.25, -0.2) is 9.59 Å². The molecule has 3 rings (SSSR count). The number of amides is 3. The van der Waals surface area contributed by atoms with E-state index in [2.05, 4.69) is 16.0 Å². The molecule has 0 saturated carbocycles. The van der Waals surface area contributed by atoms with Gasteiger partial charge in [0.05, 0.1) is 0 Å². The minimum Gasteiger partial charge on any atom is -0.457 e. The van der Waals surface area contributed by atoms with Crippen molar-refractivity contribution in [1.29, 1.82) is 0 Å². The Bertz CT molecular complexity index is 1190. The Labute approximate surface area is 228 Å². The summed E-state index contributed by atoms with van der Waals surface area (Å²) in [6.07, 6.45) is -0.584. The summed E-state index contributed by atoms with van der Waals surface area (Å²) in [7, 11) is 0. The maximum Gasteiger partial charge on any atom is 0.408 e. The molecule has 0 spiro atoms. The fraction of sp³-hybridized carbons (Fsp3) is 0.300. The number of hydrogen-bond donors (Lipinski definition) is 3. The van der Waals surface area contributed by atoms with Crippen LogP contribution in [0.2, 0.25) is 0 Å². The molecule has 0 aliphatic rings. The van der Waals surface area contributed by atoms with Crippen LogP contribution in [0.25, 0.3) is 0 Å². The van der Waals surface area contributed by atoms with Crippen LogP contribution in [0.4, 0.5) is 15.3 Å². The summed E-state index contributed by atoms with van der Waals surface area (Å²) in [5.74, 6) is 0.903. The molecule has 3 N–H and O–H groups in total. The topological polar surface area (TPSA) is 115 Å².